The molecule has 2 heterocycles. The largest absolute Gasteiger partial charge is 0.481 e. The maximum Gasteiger partial charge on any atom is 0.323 e. The molecule has 148 valence electrons. The average Bonchev–Trinajstić information content (AvgIpc) is 3.03. The van der Waals surface area contributed by atoms with E-state index in [1.54, 1.807) is 0 Å². The van der Waals surface area contributed by atoms with Gasteiger partial charge in [-0.25, -0.2) is 0 Å². The molecule has 3 atom stereocenters. The lowest BCUT2D eigenvalue weighted by molar-refractivity contribution is -0.149. The number of carboxylic acid groups (broad SMARTS) is 1. The number of rotatable bonds is 6. The molecular formula is C19H33N3O4. The summed E-state index contributed by atoms with van der Waals surface area (Å²) in [4.78, 5) is 28.3. The predicted octanol–water partition coefficient (Wildman–Crippen LogP) is 1.13. The number of carbonyl (C=O) groups is 2. The van der Waals surface area contributed by atoms with E-state index in [4.69, 9.17) is 4.74 Å². The van der Waals surface area contributed by atoms with Crippen LogP contribution >= 0.6 is 0 Å². The number of fused-ring (bicyclic) bond motifs is 1. The minimum absolute atomic E-state index is 0.140. The molecule has 26 heavy (non-hydrogen) atoms. The Morgan fingerprint density at radius 2 is 1.92 bits per heavy atom. The van der Waals surface area contributed by atoms with Gasteiger partial charge in [-0.2, -0.15) is 0 Å². The fourth-order valence-corrected chi connectivity index (χ4v) is 5.02. The third-order valence-electron chi connectivity index (χ3n) is 6.50. The molecule has 2 aliphatic heterocycles. The molecule has 0 bridgehead atoms. The minimum atomic E-state index is -0.663. The molecule has 0 aromatic heterocycles. The van der Waals surface area contributed by atoms with Crippen molar-refractivity contribution in [3.8, 4) is 0 Å². The lowest BCUT2D eigenvalue weighted by Crippen LogP contribution is -2.59. The maximum absolute atomic E-state index is 12.4. The summed E-state index contributed by atoms with van der Waals surface area (Å²) in [7, 11) is 1.47. The molecule has 0 amide bonds. The number of aliphatic carboxylic acids is 1. The Morgan fingerprint density at radius 3 is 2.54 bits per heavy atom. The minimum Gasteiger partial charge on any atom is -0.481 e. The Kier molecular flexibility index (Phi) is 6.53. The second-order valence-corrected chi connectivity index (χ2v) is 8.13. The number of ether oxygens (including phenoxy) is 1. The molecule has 3 rings (SSSR count). The monoisotopic (exact) mass is 367 g/mol. The molecule has 3 fully saturated rings. The van der Waals surface area contributed by atoms with E-state index in [2.05, 4.69) is 22.0 Å². The Morgan fingerprint density at radius 1 is 1.19 bits per heavy atom. The number of nitrogens with zero attached hydrogens (tertiary/aromatic N) is 2. The van der Waals surface area contributed by atoms with Gasteiger partial charge in [-0.05, 0) is 51.0 Å². The molecule has 1 aliphatic carbocycles. The smallest absolute Gasteiger partial charge is 0.323 e. The summed E-state index contributed by atoms with van der Waals surface area (Å²) < 4.78 is 5.08. The van der Waals surface area contributed by atoms with Gasteiger partial charge in [0.25, 0.3) is 0 Å². The zero-order chi connectivity index (χ0) is 18.7. The lowest BCUT2D eigenvalue weighted by atomic mass is 9.81. The molecule has 2 unspecified atom stereocenters. The van der Waals surface area contributed by atoms with Crippen molar-refractivity contribution in [1.82, 2.24) is 15.1 Å². The highest BCUT2D eigenvalue weighted by Crippen LogP contribution is 2.32. The molecule has 3 aliphatic rings. The molecule has 0 radical (unpaired) electrons. The number of likely N-dealkylation sites (tertiary alicyclic amines) is 1. The van der Waals surface area contributed by atoms with Gasteiger partial charge in [0.2, 0.25) is 0 Å². The van der Waals surface area contributed by atoms with Crippen LogP contribution in [0, 0.1) is 11.8 Å². The van der Waals surface area contributed by atoms with Gasteiger partial charge in [0, 0.05) is 31.8 Å². The van der Waals surface area contributed by atoms with Gasteiger partial charge in [0.1, 0.15) is 6.04 Å². The first-order valence-corrected chi connectivity index (χ1v) is 10.1. The third-order valence-corrected chi connectivity index (χ3v) is 6.50. The van der Waals surface area contributed by atoms with Crippen molar-refractivity contribution >= 4 is 11.9 Å². The zero-order valence-corrected chi connectivity index (χ0v) is 16.0. The van der Waals surface area contributed by atoms with Crippen LogP contribution in [0.2, 0.25) is 0 Å². The number of piperidine rings is 1. The fraction of sp³-hybridized carbons (Fsp3) is 0.895. The van der Waals surface area contributed by atoms with Gasteiger partial charge in [-0.15, -0.1) is 0 Å². The summed E-state index contributed by atoms with van der Waals surface area (Å²) in [5, 5.41) is 12.8. The average molecular weight is 367 g/mol. The van der Waals surface area contributed by atoms with Crippen molar-refractivity contribution in [3.63, 3.8) is 0 Å². The molecule has 0 aromatic rings. The third kappa shape index (κ3) is 4.21. The summed E-state index contributed by atoms with van der Waals surface area (Å²) in [5.41, 5.74) is 0. The standard InChI is InChI=1S/C19H33N3O4/c1-3-8-21-12-20-15-9-16(19(25)26-2)22(11-17(15)21)10-13-4-6-14(7-5-13)18(23)24/h13-17,20H,3-12H2,1-2H3,(H,23,24)/t13?,14?,15?,16-,17?/m0/s1. The summed E-state index contributed by atoms with van der Waals surface area (Å²) in [6, 6.07) is 0.614. The van der Waals surface area contributed by atoms with Gasteiger partial charge < -0.3 is 9.84 Å². The van der Waals surface area contributed by atoms with Gasteiger partial charge in [-0.3, -0.25) is 24.7 Å². The predicted molar refractivity (Wildman–Crippen MR) is 97.7 cm³/mol. The first-order chi connectivity index (χ1) is 12.5. The number of nitrogens with one attached hydrogen (secondary N) is 1. The van der Waals surface area contributed by atoms with Gasteiger partial charge in [0.15, 0.2) is 0 Å². The van der Waals surface area contributed by atoms with E-state index in [0.29, 0.717) is 18.0 Å². The van der Waals surface area contributed by atoms with Crippen molar-refractivity contribution in [3.05, 3.63) is 0 Å². The van der Waals surface area contributed by atoms with Crippen LogP contribution in [0.3, 0.4) is 0 Å². The topological polar surface area (TPSA) is 82.1 Å². The normalized spacial score (nSPS) is 35.8. The van der Waals surface area contributed by atoms with Crippen molar-refractivity contribution in [2.24, 2.45) is 11.8 Å². The quantitative estimate of drug-likeness (QED) is 0.681. The number of hydrogen-bond acceptors (Lipinski definition) is 6. The molecule has 2 N–H and O–H groups in total. The molecule has 1 saturated carbocycles. The Bertz CT molecular complexity index is 507. The van der Waals surface area contributed by atoms with Gasteiger partial charge in [-0.1, -0.05) is 6.92 Å². The lowest BCUT2D eigenvalue weighted by Gasteiger charge is -2.43. The van der Waals surface area contributed by atoms with E-state index < -0.39 is 5.97 Å². The Balaban J connectivity index is 1.64. The summed E-state index contributed by atoms with van der Waals surface area (Å²) >= 11 is 0. The number of hydrogen-bond donors (Lipinski definition) is 2. The van der Waals surface area contributed by atoms with Gasteiger partial charge >= 0.3 is 11.9 Å². The number of carboxylic acids is 1. The van der Waals surface area contributed by atoms with Gasteiger partial charge in [0.05, 0.1) is 13.0 Å². The Labute approximate surface area is 156 Å². The molecule has 0 aromatic carbocycles. The maximum atomic E-state index is 12.4. The van der Waals surface area contributed by atoms with Crippen LogP contribution in [0.15, 0.2) is 0 Å². The van der Waals surface area contributed by atoms with Crippen molar-refractivity contribution < 1.29 is 19.4 Å². The molecule has 2 saturated heterocycles. The van der Waals surface area contributed by atoms with Crippen molar-refractivity contribution in [2.45, 2.75) is 63.6 Å². The summed E-state index contributed by atoms with van der Waals surface area (Å²) in [6.45, 7) is 5.93. The highest BCUT2D eigenvalue weighted by molar-refractivity contribution is 5.76. The van der Waals surface area contributed by atoms with Crippen molar-refractivity contribution in [1.29, 1.82) is 0 Å². The Hall–Kier alpha value is -1.18. The van der Waals surface area contributed by atoms with Crippen LogP contribution in [0.4, 0.5) is 0 Å². The second-order valence-electron chi connectivity index (χ2n) is 8.13. The fourth-order valence-electron chi connectivity index (χ4n) is 5.02. The number of esters is 1. The number of methoxy groups -OCH3 is 1. The van der Waals surface area contributed by atoms with E-state index in [9.17, 15) is 14.7 Å². The van der Waals surface area contributed by atoms with Crippen LogP contribution in [0.5, 0.6) is 0 Å². The number of carbonyl (C=O) groups excluding carboxylic acids is 1. The van der Waals surface area contributed by atoms with E-state index in [-0.39, 0.29) is 17.9 Å². The van der Waals surface area contributed by atoms with Crippen LogP contribution in [-0.2, 0) is 14.3 Å². The SMILES string of the molecule is CCCN1CNC2C[C@@H](C(=O)OC)N(CC3CCC(C(=O)O)CC3)CC21. The second kappa shape index (κ2) is 8.67. The first kappa shape index (κ1) is 19.6. The summed E-state index contributed by atoms with van der Waals surface area (Å²) in [5.74, 6) is -0.516. The van der Waals surface area contributed by atoms with Crippen LogP contribution in [0.1, 0.15) is 45.4 Å². The van der Waals surface area contributed by atoms with E-state index >= 15 is 0 Å². The zero-order valence-electron chi connectivity index (χ0n) is 16.0. The molecule has 7 nitrogen and oxygen atoms in total. The van der Waals surface area contributed by atoms with Crippen LogP contribution in [-0.4, -0.2) is 78.4 Å². The van der Waals surface area contributed by atoms with E-state index in [1.807, 2.05) is 0 Å². The van der Waals surface area contributed by atoms with E-state index in [1.165, 1.54) is 7.11 Å². The highest BCUT2D eigenvalue weighted by Gasteiger charge is 2.45. The van der Waals surface area contributed by atoms with Crippen LogP contribution < -0.4 is 5.32 Å². The van der Waals surface area contributed by atoms with Crippen molar-refractivity contribution in [2.75, 3.05) is 33.4 Å². The molecule has 0 spiro atoms. The molecular weight excluding hydrogens is 334 g/mol. The highest BCUT2D eigenvalue weighted by atomic mass is 16.5. The van der Waals surface area contributed by atoms with E-state index in [0.717, 1.165) is 64.8 Å². The molecule has 7 heteroatoms. The summed E-state index contributed by atoms with van der Waals surface area (Å²) in [6.07, 6.45) is 5.31. The first-order valence-electron chi connectivity index (χ1n) is 10.1. The van der Waals surface area contributed by atoms with Crippen LogP contribution in [0.25, 0.3) is 0 Å².